The number of halogens is 1. The van der Waals surface area contributed by atoms with Crippen molar-refractivity contribution in [1.29, 1.82) is 0 Å². The standard InChI is InChI=1S/C10H10BrNO3/c1-12-9(13)7-5(11)3-4-6(15-2)8(7)10(12)14/h3-4,9,13H,1-2H3. The van der Waals surface area contributed by atoms with Gasteiger partial charge in [0, 0.05) is 17.1 Å². The van der Waals surface area contributed by atoms with Gasteiger partial charge in [0.05, 0.1) is 12.7 Å². The van der Waals surface area contributed by atoms with Crippen LogP contribution >= 0.6 is 15.9 Å². The van der Waals surface area contributed by atoms with E-state index in [9.17, 15) is 9.90 Å². The van der Waals surface area contributed by atoms with E-state index in [0.29, 0.717) is 21.3 Å². The molecule has 0 bridgehead atoms. The Morgan fingerprint density at radius 3 is 2.80 bits per heavy atom. The number of hydrogen-bond donors (Lipinski definition) is 1. The van der Waals surface area contributed by atoms with Gasteiger partial charge in [0.15, 0.2) is 6.23 Å². The molecule has 80 valence electrons. The van der Waals surface area contributed by atoms with Crippen molar-refractivity contribution in [3.05, 3.63) is 27.7 Å². The molecule has 1 N–H and O–H groups in total. The van der Waals surface area contributed by atoms with E-state index in [1.54, 1.807) is 19.2 Å². The molecule has 0 spiro atoms. The largest absolute Gasteiger partial charge is 0.496 e. The van der Waals surface area contributed by atoms with Gasteiger partial charge in [-0.25, -0.2) is 0 Å². The van der Waals surface area contributed by atoms with Crippen LogP contribution in [0, 0.1) is 0 Å². The molecule has 2 rings (SSSR count). The van der Waals surface area contributed by atoms with Crippen LogP contribution in [0.1, 0.15) is 22.1 Å². The van der Waals surface area contributed by atoms with Crippen molar-refractivity contribution in [3.8, 4) is 5.75 Å². The van der Waals surface area contributed by atoms with Gasteiger partial charge in [0.2, 0.25) is 0 Å². The smallest absolute Gasteiger partial charge is 0.260 e. The maximum atomic E-state index is 11.8. The van der Waals surface area contributed by atoms with Crippen molar-refractivity contribution in [3.63, 3.8) is 0 Å². The van der Waals surface area contributed by atoms with Crippen molar-refractivity contribution >= 4 is 21.8 Å². The first kappa shape index (κ1) is 10.4. The molecule has 0 saturated heterocycles. The van der Waals surface area contributed by atoms with Crippen LogP contribution < -0.4 is 4.74 Å². The van der Waals surface area contributed by atoms with Gasteiger partial charge in [-0.15, -0.1) is 0 Å². The summed E-state index contributed by atoms with van der Waals surface area (Å²) in [5.41, 5.74) is 1.00. The van der Waals surface area contributed by atoms with Crippen LogP contribution in [0.3, 0.4) is 0 Å². The number of hydrogen-bond acceptors (Lipinski definition) is 3. The number of carbonyl (C=O) groups is 1. The molecular formula is C10H10BrNO3. The van der Waals surface area contributed by atoms with E-state index in [1.807, 2.05) is 0 Å². The molecule has 1 amide bonds. The number of carbonyl (C=O) groups excluding carboxylic acids is 1. The van der Waals surface area contributed by atoms with Crippen molar-refractivity contribution in [2.45, 2.75) is 6.23 Å². The van der Waals surface area contributed by atoms with Crippen molar-refractivity contribution in [2.24, 2.45) is 0 Å². The average molecular weight is 272 g/mol. The molecule has 1 unspecified atom stereocenters. The third-order valence-corrected chi connectivity index (χ3v) is 3.22. The normalized spacial score (nSPS) is 19.3. The summed E-state index contributed by atoms with van der Waals surface area (Å²) in [6.45, 7) is 0. The molecule has 1 aromatic rings. The lowest BCUT2D eigenvalue weighted by atomic mass is 10.1. The van der Waals surface area contributed by atoms with Gasteiger partial charge < -0.3 is 14.7 Å². The Bertz CT molecular complexity index is 433. The Balaban J connectivity index is 2.71. The number of amides is 1. The molecule has 0 saturated carbocycles. The average Bonchev–Trinajstić information content (AvgIpc) is 2.46. The van der Waals surface area contributed by atoms with Crippen LogP contribution in [-0.4, -0.2) is 30.1 Å². The predicted octanol–water partition coefficient (Wildman–Crippen LogP) is 1.53. The summed E-state index contributed by atoms with van der Waals surface area (Å²) < 4.78 is 5.81. The summed E-state index contributed by atoms with van der Waals surface area (Å²) in [5, 5.41) is 9.84. The lowest BCUT2D eigenvalue weighted by molar-refractivity contribution is 0.0299. The molecule has 1 atom stereocenters. The predicted molar refractivity (Wildman–Crippen MR) is 57.7 cm³/mol. The van der Waals surface area contributed by atoms with E-state index in [4.69, 9.17) is 4.74 Å². The molecule has 1 heterocycles. The molecule has 1 aromatic carbocycles. The number of aliphatic hydroxyl groups is 1. The van der Waals surface area contributed by atoms with Crippen molar-refractivity contribution in [2.75, 3.05) is 14.2 Å². The van der Waals surface area contributed by atoms with Gasteiger partial charge in [-0.1, -0.05) is 15.9 Å². The molecule has 1 aliphatic heterocycles. The summed E-state index contributed by atoms with van der Waals surface area (Å²) in [6, 6.07) is 3.46. The Morgan fingerprint density at radius 1 is 1.53 bits per heavy atom. The molecule has 1 aliphatic rings. The second kappa shape index (κ2) is 3.50. The van der Waals surface area contributed by atoms with Gasteiger partial charge in [-0.05, 0) is 12.1 Å². The number of methoxy groups -OCH3 is 1. The zero-order valence-corrected chi connectivity index (χ0v) is 9.91. The number of rotatable bonds is 1. The summed E-state index contributed by atoms with van der Waals surface area (Å²) in [4.78, 5) is 13.1. The van der Waals surface area contributed by atoms with Crippen molar-refractivity contribution in [1.82, 2.24) is 4.90 Å². The summed E-state index contributed by atoms with van der Waals surface area (Å²) >= 11 is 3.31. The molecule has 4 nitrogen and oxygen atoms in total. The molecule has 5 heteroatoms. The van der Waals surface area contributed by atoms with Gasteiger partial charge in [0.1, 0.15) is 5.75 Å². The molecule has 0 aliphatic carbocycles. The minimum Gasteiger partial charge on any atom is -0.496 e. The van der Waals surface area contributed by atoms with E-state index in [2.05, 4.69) is 15.9 Å². The SMILES string of the molecule is COc1ccc(Br)c2c1C(=O)N(C)C2O. The topological polar surface area (TPSA) is 49.8 Å². The molecule has 0 fully saturated rings. The van der Waals surface area contributed by atoms with E-state index >= 15 is 0 Å². The van der Waals surface area contributed by atoms with E-state index in [0.717, 1.165) is 0 Å². The zero-order valence-electron chi connectivity index (χ0n) is 8.32. The number of fused-ring (bicyclic) bond motifs is 1. The fourth-order valence-electron chi connectivity index (χ4n) is 1.70. The minimum absolute atomic E-state index is 0.226. The fraction of sp³-hybridized carbons (Fsp3) is 0.300. The van der Waals surface area contributed by atoms with E-state index < -0.39 is 6.23 Å². The summed E-state index contributed by atoms with van der Waals surface area (Å²) in [5.74, 6) is 0.261. The fourth-order valence-corrected chi connectivity index (χ4v) is 2.23. The first-order valence-corrected chi connectivity index (χ1v) is 5.19. The first-order chi connectivity index (χ1) is 7.07. The van der Waals surface area contributed by atoms with Gasteiger partial charge in [-0.3, -0.25) is 4.79 Å². The highest BCUT2D eigenvalue weighted by Crippen LogP contribution is 2.40. The summed E-state index contributed by atoms with van der Waals surface area (Å²) in [7, 11) is 3.06. The Hall–Kier alpha value is -1.07. The lowest BCUT2D eigenvalue weighted by Crippen LogP contribution is -2.22. The molecule has 0 aromatic heterocycles. The molecule has 15 heavy (non-hydrogen) atoms. The van der Waals surface area contributed by atoms with Gasteiger partial charge >= 0.3 is 0 Å². The second-order valence-corrected chi connectivity index (χ2v) is 4.18. The number of aliphatic hydroxyl groups excluding tert-OH is 1. The van der Waals surface area contributed by atoms with Crippen LogP contribution in [0.5, 0.6) is 5.75 Å². The third kappa shape index (κ3) is 1.34. The van der Waals surface area contributed by atoms with Crippen LogP contribution in [0.15, 0.2) is 16.6 Å². The molecular weight excluding hydrogens is 262 g/mol. The number of benzene rings is 1. The first-order valence-electron chi connectivity index (χ1n) is 4.39. The maximum Gasteiger partial charge on any atom is 0.260 e. The Labute approximate surface area is 95.6 Å². The van der Waals surface area contributed by atoms with Gasteiger partial charge in [0.25, 0.3) is 5.91 Å². The van der Waals surface area contributed by atoms with Crippen LogP contribution in [0.25, 0.3) is 0 Å². The van der Waals surface area contributed by atoms with Gasteiger partial charge in [-0.2, -0.15) is 0 Å². The Kier molecular flexibility index (Phi) is 2.44. The van der Waals surface area contributed by atoms with E-state index in [-0.39, 0.29) is 5.91 Å². The lowest BCUT2D eigenvalue weighted by Gasteiger charge is -2.14. The highest BCUT2D eigenvalue weighted by molar-refractivity contribution is 9.10. The Morgan fingerprint density at radius 2 is 2.20 bits per heavy atom. The van der Waals surface area contributed by atoms with Crippen LogP contribution in [0.4, 0.5) is 0 Å². The summed E-state index contributed by atoms with van der Waals surface area (Å²) in [6.07, 6.45) is -0.906. The highest BCUT2D eigenvalue weighted by atomic mass is 79.9. The number of ether oxygens (including phenoxy) is 1. The van der Waals surface area contributed by atoms with Crippen LogP contribution in [-0.2, 0) is 0 Å². The van der Waals surface area contributed by atoms with Crippen molar-refractivity contribution < 1.29 is 14.6 Å². The van der Waals surface area contributed by atoms with E-state index in [1.165, 1.54) is 12.0 Å². The maximum absolute atomic E-state index is 11.8. The number of nitrogens with zero attached hydrogens (tertiary/aromatic N) is 1. The molecule has 0 radical (unpaired) electrons. The zero-order chi connectivity index (χ0) is 11.2. The highest BCUT2D eigenvalue weighted by Gasteiger charge is 2.37. The third-order valence-electron chi connectivity index (χ3n) is 2.53. The quantitative estimate of drug-likeness (QED) is 0.843. The second-order valence-electron chi connectivity index (χ2n) is 3.33. The minimum atomic E-state index is -0.906. The monoisotopic (exact) mass is 271 g/mol. The van der Waals surface area contributed by atoms with Crippen LogP contribution in [0.2, 0.25) is 0 Å².